The van der Waals surface area contributed by atoms with E-state index < -0.39 is 5.82 Å². The number of carbonyl (C=O) groups is 1. The molecule has 2 aromatic heterocycles. The van der Waals surface area contributed by atoms with E-state index in [4.69, 9.17) is 0 Å². The maximum Gasteiger partial charge on any atom is 0.223 e. The minimum absolute atomic E-state index is 0.105. The molecule has 2 unspecified atom stereocenters. The van der Waals surface area contributed by atoms with E-state index in [-0.39, 0.29) is 11.8 Å². The first-order chi connectivity index (χ1) is 12.0. The van der Waals surface area contributed by atoms with Gasteiger partial charge in [-0.25, -0.2) is 19.3 Å². The molecule has 25 heavy (non-hydrogen) atoms. The lowest BCUT2D eigenvalue weighted by molar-refractivity contribution is -0.114. The molecule has 3 heterocycles. The van der Waals surface area contributed by atoms with Gasteiger partial charge in [0.25, 0.3) is 0 Å². The van der Waals surface area contributed by atoms with Gasteiger partial charge in [-0.3, -0.25) is 9.69 Å². The van der Waals surface area contributed by atoms with Gasteiger partial charge in [-0.05, 0) is 25.3 Å². The van der Waals surface area contributed by atoms with Crippen LogP contribution in [-0.4, -0.2) is 38.8 Å². The highest BCUT2D eigenvalue weighted by molar-refractivity contribution is 7.15. The van der Waals surface area contributed by atoms with Gasteiger partial charge in [0, 0.05) is 37.0 Å². The Morgan fingerprint density at radius 1 is 1.40 bits per heavy atom. The quantitative estimate of drug-likeness (QED) is 0.884. The number of nitrogens with one attached hydrogen (secondary N) is 1. The molecule has 6 nitrogen and oxygen atoms in total. The zero-order chi connectivity index (χ0) is 17.8. The second-order valence-electron chi connectivity index (χ2n) is 6.50. The number of rotatable bonds is 5. The highest BCUT2D eigenvalue weighted by atomic mass is 32.1. The van der Waals surface area contributed by atoms with E-state index >= 15 is 0 Å². The van der Waals surface area contributed by atoms with Crippen LogP contribution in [0.3, 0.4) is 0 Å². The van der Waals surface area contributed by atoms with Gasteiger partial charge in [-0.1, -0.05) is 6.92 Å². The van der Waals surface area contributed by atoms with E-state index in [1.165, 1.54) is 30.7 Å². The third-order valence-electron chi connectivity index (χ3n) is 4.51. The normalized spacial score (nSPS) is 19.6. The van der Waals surface area contributed by atoms with Crippen molar-refractivity contribution in [3.8, 4) is 0 Å². The predicted molar refractivity (Wildman–Crippen MR) is 94.8 cm³/mol. The molecule has 2 atom stereocenters. The average Bonchev–Trinajstić information content (AvgIpc) is 3.01. The smallest absolute Gasteiger partial charge is 0.223 e. The van der Waals surface area contributed by atoms with Gasteiger partial charge in [0.15, 0.2) is 10.9 Å². The minimum atomic E-state index is -0.401. The van der Waals surface area contributed by atoms with E-state index in [0.717, 1.165) is 37.4 Å². The molecule has 1 saturated heterocycles. The molecule has 134 valence electrons. The number of hydrogen-bond acceptors (Lipinski definition) is 6. The van der Waals surface area contributed by atoms with E-state index in [0.29, 0.717) is 16.9 Å². The number of nitrogens with zero attached hydrogens (tertiary/aromatic N) is 4. The summed E-state index contributed by atoms with van der Waals surface area (Å²) in [6.45, 7) is 6.42. The fourth-order valence-electron chi connectivity index (χ4n) is 3.22. The van der Waals surface area contributed by atoms with Crippen LogP contribution < -0.4 is 5.32 Å². The first-order valence-electron chi connectivity index (χ1n) is 8.43. The van der Waals surface area contributed by atoms with Crippen molar-refractivity contribution in [2.24, 2.45) is 5.92 Å². The molecule has 0 aromatic carbocycles. The van der Waals surface area contributed by atoms with Crippen LogP contribution in [0.2, 0.25) is 0 Å². The van der Waals surface area contributed by atoms with Crippen molar-refractivity contribution in [1.82, 2.24) is 19.9 Å². The molecular formula is C17H22FN5OS. The van der Waals surface area contributed by atoms with Crippen LogP contribution in [0.25, 0.3) is 0 Å². The molecule has 1 N–H and O–H groups in total. The van der Waals surface area contributed by atoms with E-state index in [2.05, 4.69) is 32.1 Å². The van der Waals surface area contributed by atoms with Crippen molar-refractivity contribution in [3.63, 3.8) is 0 Å². The van der Waals surface area contributed by atoms with Crippen molar-refractivity contribution in [2.45, 2.75) is 39.2 Å². The first kappa shape index (κ1) is 17.9. The number of likely N-dealkylation sites (tertiary alicyclic amines) is 1. The van der Waals surface area contributed by atoms with E-state index in [1.54, 1.807) is 0 Å². The van der Waals surface area contributed by atoms with Gasteiger partial charge >= 0.3 is 0 Å². The van der Waals surface area contributed by atoms with Crippen molar-refractivity contribution in [2.75, 3.05) is 18.4 Å². The summed E-state index contributed by atoms with van der Waals surface area (Å²) in [6.07, 6.45) is 6.54. The monoisotopic (exact) mass is 363 g/mol. The third-order valence-corrected chi connectivity index (χ3v) is 5.41. The summed E-state index contributed by atoms with van der Waals surface area (Å²) in [5.74, 6) is 0.842. The number of halogens is 1. The zero-order valence-electron chi connectivity index (χ0n) is 14.4. The molecule has 0 bridgehead atoms. The lowest BCUT2D eigenvalue weighted by atomic mass is 9.86. The molecule has 0 spiro atoms. The summed E-state index contributed by atoms with van der Waals surface area (Å²) in [5.41, 5.74) is 0. The second-order valence-corrected chi connectivity index (χ2v) is 7.61. The van der Waals surface area contributed by atoms with Crippen molar-refractivity contribution in [3.05, 3.63) is 35.1 Å². The minimum Gasteiger partial charge on any atom is -0.302 e. The Morgan fingerprint density at radius 3 is 2.88 bits per heavy atom. The Bertz CT molecular complexity index is 720. The molecule has 0 aliphatic carbocycles. The molecule has 2 aromatic rings. The maximum absolute atomic E-state index is 13.0. The van der Waals surface area contributed by atoms with Crippen molar-refractivity contribution in [1.29, 1.82) is 0 Å². The zero-order valence-corrected chi connectivity index (χ0v) is 15.2. The van der Waals surface area contributed by atoms with Crippen LogP contribution in [0.1, 0.15) is 43.3 Å². The van der Waals surface area contributed by atoms with Crippen LogP contribution in [0.4, 0.5) is 9.52 Å². The summed E-state index contributed by atoms with van der Waals surface area (Å²) in [6, 6.07) is 0. The molecular weight excluding hydrogens is 341 g/mol. The van der Waals surface area contributed by atoms with Crippen LogP contribution >= 0.6 is 11.3 Å². The summed E-state index contributed by atoms with van der Waals surface area (Å²) >= 11 is 1.51. The van der Waals surface area contributed by atoms with Gasteiger partial charge in [-0.15, -0.1) is 11.3 Å². The molecule has 0 saturated carbocycles. The summed E-state index contributed by atoms with van der Waals surface area (Å²) in [7, 11) is 0. The summed E-state index contributed by atoms with van der Waals surface area (Å²) in [4.78, 5) is 27.1. The molecule has 1 aliphatic heterocycles. The topological polar surface area (TPSA) is 71.0 Å². The SMILES string of the molecule is CC(=O)Nc1ncc(CN2CCCC(C(C)c3ncc(F)cn3)C2)s1. The summed E-state index contributed by atoms with van der Waals surface area (Å²) in [5, 5.41) is 3.36. The standard InChI is InChI=1S/C17H22FN5OS/c1-11(16-19-6-14(18)7-20-16)13-4-3-5-23(9-13)10-15-8-21-17(25-15)22-12(2)24/h6-8,11,13H,3-5,9-10H2,1-2H3,(H,21,22,24). The van der Waals surface area contributed by atoms with Crippen LogP contribution in [0.5, 0.6) is 0 Å². The number of hydrogen-bond donors (Lipinski definition) is 1. The average molecular weight is 363 g/mol. The first-order valence-corrected chi connectivity index (χ1v) is 9.25. The van der Waals surface area contributed by atoms with Crippen LogP contribution in [0.15, 0.2) is 18.6 Å². The number of anilines is 1. The van der Waals surface area contributed by atoms with Crippen molar-refractivity contribution >= 4 is 22.4 Å². The molecule has 8 heteroatoms. The van der Waals surface area contributed by atoms with Gasteiger partial charge in [0.1, 0.15) is 5.82 Å². The van der Waals surface area contributed by atoms with Gasteiger partial charge < -0.3 is 5.32 Å². The van der Waals surface area contributed by atoms with Gasteiger partial charge in [0.2, 0.25) is 5.91 Å². The molecule has 1 fully saturated rings. The predicted octanol–water partition coefficient (Wildman–Crippen LogP) is 3.05. The Kier molecular flexibility index (Phi) is 5.70. The molecule has 3 rings (SSSR count). The molecule has 1 aliphatic rings. The van der Waals surface area contributed by atoms with E-state index in [9.17, 15) is 9.18 Å². The largest absolute Gasteiger partial charge is 0.302 e. The lowest BCUT2D eigenvalue weighted by Gasteiger charge is -2.35. The highest BCUT2D eigenvalue weighted by Crippen LogP contribution is 2.31. The van der Waals surface area contributed by atoms with Crippen LogP contribution in [-0.2, 0) is 11.3 Å². The third kappa shape index (κ3) is 4.79. The van der Waals surface area contributed by atoms with E-state index in [1.807, 2.05) is 6.20 Å². The Hall–Kier alpha value is -1.93. The lowest BCUT2D eigenvalue weighted by Crippen LogP contribution is -2.37. The number of aromatic nitrogens is 3. The number of piperidine rings is 1. The Labute approximate surface area is 150 Å². The summed E-state index contributed by atoms with van der Waals surface area (Å²) < 4.78 is 13.0. The maximum atomic E-state index is 13.0. The van der Waals surface area contributed by atoms with Gasteiger partial charge in [-0.2, -0.15) is 0 Å². The molecule has 1 amide bonds. The number of thiazole rings is 1. The second kappa shape index (κ2) is 7.97. The van der Waals surface area contributed by atoms with Crippen molar-refractivity contribution < 1.29 is 9.18 Å². The Morgan fingerprint density at radius 2 is 2.16 bits per heavy atom. The molecule has 0 radical (unpaired) electrons. The number of carbonyl (C=O) groups excluding carboxylic acids is 1. The highest BCUT2D eigenvalue weighted by Gasteiger charge is 2.27. The van der Waals surface area contributed by atoms with Gasteiger partial charge in [0.05, 0.1) is 12.4 Å². The fraction of sp³-hybridized carbons (Fsp3) is 0.529. The Balaban J connectivity index is 1.60. The fourth-order valence-corrected chi connectivity index (χ4v) is 4.12. The number of amides is 1. The van der Waals surface area contributed by atoms with Crippen LogP contribution in [0, 0.1) is 11.7 Å².